The number of hydrogen-bond acceptors (Lipinski definition) is 2. The van der Waals surface area contributed by atoms with Crippen molar-refractivity contribution in [3.05, 3.63) is 24.3 Å². The third-order valence-corrected chi connectivity index (χ3v) is 1.75. The third-order valence-electron chi connectivity index (χ3n) is 1.75. The summed E-state index contributed by atoms with van der Waals surface area (Å²) in [7, 11) is 0. The molecular weight excluding hydrogens is 150 g/mol. The van der Waals surface area contributed by atoms with Crippen LogP contribution in [0.15, 0.2) is 24.3 Å². The maximum atomic E-state index is 5.20. The molecule has 0 bridgehead atoms. The summed E-state index contributed by atoms with van der Waals surface area (Å²) in [5.74, 6) is 0.432. The summed E-state index contributed by atoms with van der Waals surface area (Å²) in [5.41, 5.74) is 6.38. The number of rotatable bonds is 6. The van der Waals surface area contributed by atoms with E-state index in [0.29, 0.717) is 19.3 Å². The molecule has 0 fully saturated rings. The first-order chi connectivity index (χ1) is 5.72. The van der Waals surface area contributed by atoms with Gasteiger partial charge in [0.25, 0.3) is 0 Å². The average molecular weight is 169 g/mol. The molecule has 0 aliphatic rings. The SMILES string of the molecule is C=C(C)C(/C=C\C)CCOCN. The highest BCUT2D eigenvalue weighted by Gasteiger charge is 2.03. The fourth-order valence-electron chi connectivity index (χ4n) is 1.03. The summed E-state index contributed by atoms with van der Waals surface area (Å²) >= 11 is 0. The van der Waals surface area contributed by atoms with Crippen LogP contribution in [0.5, 0.6) is 0 Å². The second-order valence-corrected chi connectivity index (χ2v) is 2.84. The maximum Gasteiger partial charge on any atom is 0.0940 e. The van der Waals surface area contributed by atoms with Crippen LogP contribution < -0.4 is 5.73 Å². The van der Waals surface area contributed by atoms with Crippen LogP contribution in [0.25, 0.3) is 0 Å². The van der Waals surface area contributed by atoms with E-state index in [4.69, 9.17) is 10.5 Å². The van der Waals surface area contributed by atoms with Crippen LogP contribution in [0.1, 0.15) is 20.3 Å². The van der Waals surface area contributed by atoms with Crippen molar-refractivity contribution in [2.45, 2.75) is 20.3 Å². The monoisotopic (exact) mass is 169 g/mol. The van der Waals surface area contributed by atoms with Crippen molar-refractivity contribution < 1.29 is 4.74 Å². The van der Waals surface area contributed by atoms with Crippen molar-refractivity contribution in [3.8, 4) is 0 Å². The molecule has 1 atom stereocenters. The van der Waals surface area contributed by atoms with Crippen molar-refractivity contribution in [1.82, 2.24) is 0 Å². The number of ether oxygens (including phenoxy) is 1. The Kier molecular flexibility index (Phi) is 6.72. The number of hydrogen-bond donors (Lipinski definition) is 1. The molecule has 0 aromatic rings. The molecule has 0 aromatic carbocycles. The summed E-state index contributed by atoms with van der Waals surface area (Å²) in [6.45, 7) is 8.97. The minimum Gasteiger partial charge on any atom is -0.366 e. The Morgan fingerprint density at radius 3 is 2.75 bits per heavy atom. The van der Waals surface area contributed by atoms with Gasteiger partial charge < -0.3 is 10.5 Å². The average Bonchev–Trinajstić information content (AvgIpc) is 2.03. The molecule has 0 aliphatic carbocycles. The summed E-state index contributed by atoms with van der Waals surface area (Å²) in [6, 6.07) is 0. The van der Waals surface area contributed by atoms with Crippen LogP contribution in [-0.2, 0) is 4.74 Å². The smallest absolute Gasteiger partial charge is 0.0940 e. The largest absolute Gasteiger partial charge is 0.366 e. The highest BCUT2D eigenvalue weighted by atomic mass is 16.5. The van der Waals surface area contributed by atoms with Crippen LogP contribution >= 0.6 is 0 Å². The molecule has 0 aliphatic heterocycles. The van der Waals surface area contributed by atoms with Gasteiger partial charge in [-0.25, -0.2) is 0 Å². The first-order valence-corrected chi connectivity index (χ1v) is 4.28. The predicted octanol–water partition coefficient (Wildman–Crippen LogP) is 2.08. The topological polar surface area (TPSA) is 35.2 Å². The van der Waals surface area contributed by atoms with E-state index in [-0.39, 0.29) is 0 Å². The van der Waals surface area contributed by atoms with Crippen molar-refractivity contribution in [3.63, 3.8) is 0 Å². The molecule has 70 valence electrons. The normalized spacial score (nSPS) is 13.6. The van der Waals surface area contributed by atoms with E-state index >= 15 is 0 Å². The van der Waals surface area contributed by atoms with Crippen molar-refractivity contribution in [2.75, 3.05) is 13.3 Å². The molecule has 2 N–H and O–H groups in total. The number of allylic oxidation sites excluding steroid dienone is 3. The van der Waals surface area contributed by atoms with Gasteiger partial charge in [-0.3, -0.25) is 0 Å². The Balaban J connectivity index is 3.72. The van der Waals surface area contributed by atoms with E-state index in [1.807, 2.05) is 19.9 Å². The van der Waals surface area contributed by atoms with Gasteiger partial charge in [0.2, 0.25) is 0 Å². The molecule has 0 saturated heterocycles. The van der Waals surface area contributed by atoms with Crippen molar-refractivity contribution in [1.29, 1.82) is 0 Å². The molecule has 12 heavy (non-hydrogen) atoms. The first-order valence-electron chi connectivity index (χ1n) is 4.28. The Morgan fingerprint density at radius 2 is 2.33 bits per heavy atom. The van der Waals surface area contributed by atoms with E-state index < -0.39 is 0 Å². The predicted molar refractivity (Wildman–Crippen MR) is 52.7 cm³/mol. The van der Waals surface area contributed by atoms with Crippen LogP contribution in [-0.4, -0.2) is 13.3 Å². The highest BCUT2D eigenvalue weighted by Crippen LogP contribution is 2.14. The van der Waals surface area contributed by atoms with Gasteiger partial charge in [-0.05, 0) is 26.2 Å². The van der Waals surface area contributed by atoms with E-state index in [9.17, 15) is 0 Å². The zero-order chi connectivity index (χ0) is 9.40. The maximum absolute atomic E-state index is 5.20. The molecule has 0 spiro atoms. The number of nitrogens with two attached hydrogens (primary N) is 1. The van der Waals surface area contributed by atoms with Gasteiger partial charge in [-0.1, -0.05) is 24.3 Å². The fraction of sp³-hybridized carbons (Fsp3) is 0.600. The van der Waals surface area contributed by atoms with Gasteiger partial charge in [0.1, 0.15) is 0 Å². The quantitative estimate of drug-likeness (QED) is 0.375. The van der Waals surface area contributed by atoms with E-state index in [1.54, 1.807) is 0 Å². The molecule has 2 heteroatoms. The van der Waals surface area contributed by atoms with Crippen molar-refractivity contribution in [2.24, 2.45) is 11.7 Å². The lowest BCUT2D eigenvalue weighted by Crippen LogP contribution is -2.09. The molecule has 0 aromatic heterocycles. The van der Waals surface area contributed by atoms with Crippen LogP contribution in [0.3, 0.4) is 0 Å². The first kappa shape index (κ1) is 11.4. The Morgan fingerprint density at radius 1 is 1.67 bits per heavy atom. The van der Waals surface area contributed by atoms with Gasteiger partial charge in [0, 0.05) is 6.61 Å². The van der Waals surface area contributed by atoms with Gasteiger partial charge in [-0.15, -0.1) is 0 Å². The molecular formula is C10H19NO. The summed E-state index contributed by atoms with van der Waals surface area (Å²) in [5, 5.41) is 0. The van der Waals surface area contributed by atoms with Crippen LogP contribution in [0, 0.1) is 5.92 Å². The second-order valence-electron chi connectivity index (χ2n) is 2.84. The van der Waals surface area contributed by atoms with Gasteiger partial charge in [0.15, 0.2) is 0 Å². The van der Waals surface area contributed by atoms with Crippen LogP contribution in [0.4, 0.5) is 0 Å². The van der Waals surface area contributed by atoms with Gasteiger partial charge >= 0.3 is 0 Å². The van der Waals surface area contributed by atoms with E-state index in [1.165, 1.54) is 5.57 Å². The minimum absolute atomic E-state index is 0.304. The zero-order valence-corrected chi connectivity index (χ0v) is 8.05. The minimum atomic E-state index is 0.304. The summed E-state index contributed by atoms with van der Waals surface area (Å²) < 4.78 is 5.06. The lowest BCUT2D eigenvalue weighted by atomic mass is 9.98. The second kappa shape index (κ2) is 7.07. The fourth-order valence-corrected chi connectivity index (χ4v) is 1.03. The Hall–Kier alpha value is -0.600. The summed E-state index contributed by atoms with van der Waals surface area (Å²) in [6.07, 6.45) is 5.15. The van der Waals surface area contributed by atoms with Gasteiger partial charge in [-0.2, -0.15) is 0 Å². The molecule has 2 nitrogen and oxygen atoms in total. The third kappa shape index (κ3) is 5.10. The zero-order valence-electron chi connectivity index (χ0n) is 8.05. The molecule has 0 radical (unpaired) electrons. The Bertz CT molecular complexity index is 152. The van der Waals surface area contributed by atoms with E-state index in [0.717, 1.165) is 6.42 Å². The lowest BCUT2D eigenvalue weighted by molar-refractivity contribution is 0.133. The molecule has 0 saturated carbocycles. The molecule has 1 unspecified atom stereocenters. The highest BCUT2D eigenvalue weighted by molar-refractivity contribution is 5.05. The standard InChI is InChI=1S/C10H19NO/c1-4-5-10(9(2)3)6-7-12-8-11/h4-5,10H,2,6-8,11H2,1,3H3/b5-4-. The summed E-state index contributed by atoms with van der Waals surface area (Å²) in [4.78, 5) is 0. The molecule has 0 heterocycles. The van der Waals surface area contributed by atoms with E-state index in [2.05, 4.69) is 12.7 Å². The van der Waals surface area contributed by atoms with Crippen LogP contribution in [0.2, 0.25) is 0 Å². The Labute approximate surface area is 75.1 Å². The van der Waals surface area contributed by atoms with Crippen molar-refractivity contribution >= 4 is 0 Å². The lowest BCUT2D eigenvalue weighted by Gasteiger charge is -2.11. The molecule has 0 amide bonds. The van der Waals surface area contributed by atoms with Gasteiger partial charge in [0.05, 0.1) is 6.73 Å². The molecule has 0 rings (SSSR count).